The van der Waals surface area contributed by atoms with E-state index in [4.69, 9.17) is 4.74 Å². The highest BCUT2D eigenvalue weighted by Crippen LogP contribution is 2.24. The van der Waals surface area contributed by atoms with E-state index in [9.17, 15) is 13.2 Å². The van der Waals surface area contributed by atoms with Gasteiger partial charge in [-0.05, 0) is 65.9 Å². The smallest absolute Gasteiger partial charge is 0.263 e. The van der Waals surface area contributed by atoms with Gasteiger partial charge in [-0.2, -0.15) is 0 Å². The number of nitrogens with one attached hydrogen (secondary N) is 2. The lowest BCUT2D eigenvalue weighted by molar-refractivity contribution is -0.116. The van der Waals surface area contributed by atoms with Crippen molar-refractivity contribution in [1.82, 2.24) is 4.98 Å². The number of carbonyl (C=O) groups excluding carboxylic acids is 1. The molecule has 1 amide bonds. The third kappa shape index (κ3) is 7.32. The van der Waals surface area contributed by atoms with Crippen LogP contribution in [0.2, 0.25) is 0 Å². The number of hydrogen-bond donors (Lipinski definition) is 2. The predicted octanol–water partition coefficient (Wildman–Crippen LogP) is 4.98. The van der Waals surface area contributed by atoms with Crippen molar-refractivity contribution >= 4 is 27.4 Å². The summed E-state index contributed by atoms with van der Waals surface area (Å²) in [5.41, 5.74) is 1.85. The van der Waals surface area contributed by atoms with Gasteiger partial charge in [0, 0.05) is 18.3 Å². The molecule has 0 saturated carbocycles. The van der Waals surface area contributed by atoms with Crippen LogP contribution in [0.15, 0.2) is 77.8 Å². The normalized spacial score (nSPS) is 11.6. The van der Waals surface area contributed by atoms with Crippen LogP contribution in [0.3, 0.4) is 0 Å². The van der Waals surface area contributed by atoms with Crippen LogP contribution >= 0.6 is 0 Å². The van der Waals surface area contributed by atoms with Crippen LogP contribution in [-0.4, -0.2) is 25.9 Å². The molecule has 0 radical (unpaired) electrons. The first-order chi connectivity index (χ1) is 15.6. The summed E-state index contributed by atoms with van der Waals surface area (Å²) in [7, 11) is -3.76. The molecular formula is C25H29N3O4S. The minimum Gasteiger partial charge on any atom is -0.494 e. The molecule has 33 heavy (non-hydrogen) atoms. The fourth-order valence-electron chi connectivity index (χ4n) is 3.03. The fourth-order valence-corrected chi connectivity index (χ4v) is 4.04. The Morgan fingerprint density at radius 1 is 0.970 bits per heavy atom. The molecule has 3 aromatic rings. The second-order valence-electron chi connectivity index (χ2n) is 8.62. The summed E-state index contributed by atoms with van der Waals surface area (Å²) in [4.78, 5) is 16.2. The average Bonchev–Trinajstić information content (AvgIpc) is 2.77. The zero-order chi connectivity index (χ0) is 23.9. The number of ether oxygens (including phenoxy) is 1. The third-order valence-corrected chi connectivity index (χ3v) is 6.26. The van der Waals surface area contributed by atoms with Gasteiger partial charge in [0.2, 0.25) is 5.91 Å². The molecule has 7 nitrogen and oxygen atoms in total. The maximum atomic E-state index is 12.4. The Labute approximate surface area is 195 Å². The van der Waals surface area contributed by atoms with Gasteiger partial charge in [0.1, 0.15) is 11.6 Å². The van der Waals surface area contributed by atoms with E-state index < -0.39 is 10.0 Å². The number of nitrogens with zero attached hydrogens (tertiary/aromatic N) is 1. The van der Waals surface area contributed by atoms with E-state index in [2.05, 4.69) is 47.9 Å². The van der Waals surface area contributed by atoms with Crippen molar-refractivity contribution in [2.75, 3.05) is 16.6 Å². The molecule has 0 aliphatic heterocycles. The van der Waals surface area contributed by atoms with Crippen molar-refractivity contribution in [2.45, 2.75) is 43.9 Å². The molecule has 3 rings (SSSR count). The molecule has 0 atom stereocenters. The molecule has 0 aliphatic carbocycles. The molecule has 1 aromatic heterocycles. The van der Waals surface area contributed by atoms with E-state index in [0.29, 0.717) is 25.1 Å². The number of pyridine rings is 1. The van der Waals surface area contributed by atoms with Gasteiger partial charge in [-0.15, -0.1) is 0 Å². The molecule has 0 saturated heterocycles. The van der Waals surface area contributed by atoms with Gasteiger partial charge >= 0.3 is 0 Å². The zero-order valence-corrected chi connectivity index (χ0v) is 19.9. The topological polar surface area (TPSA) is 97.4 Å². The molecular weight excluding hydrogens is 438 g/mol. The number of benzene rings is 2. The van der Waals surface area contributed by atoms with Crippen LogP contribution in [0, 0.1) is 0 Å². The van der Waals surface area contributed by atoms with Crippen LogP contribution in [0.5, 0.6) is 5.75 Å². The first-order valence-electron chi connectivity index (χ1n) is 10.7. The number of carbonyl (C=O) groups is 1. The number of anilines is 2. The Morgan fingerprint density at radius 2 is 1.67 bits per heavy atom. The SMILES string of the molecule is CC(C)(C)c1ccc(OCCCC(=O)Nc2ccc(S(=O)(=O)Nc3ccccn3)cc2)cc1. The zero-order valence-electron chi connectivity index (χ0n) is 19.0. The summed E-state index contributed by atoms with van der Waals surface area (Å²) in [6, 6.07) is 18.9. The summed E-state index contributed by atoms with van der Waals surface area (Å²) in [5, 5.41) is 2.77. The van der Waals surface area contributed by atoms with Crippen LogP contribution in [0.4, 0.5) is 11.5 Å². The quantitative estimate of drug-likeness (QED) is 0.433. The molecule has 0 fully saturated rings. The highest BCUT2D eigenvalue weighted by Gasteiger charge is 2.15. The van der Waals surface area contributed by atoms with E-state index in [1.165, 1.54) is 23.9 Å². The Bertz CT molecular complexity index is 1160. The number of aromatic nitrogens is 1. The molecule has 0 aliphatic rings. The van der Waals surface area contributed by atoms with E-state index in [-0.39, 0.29) is 22.0 Å². The number of rotatable bonds is 9. The van der Waals surface area contributed by atoms with E-state index in [1.54, 1.807) is 30.3 Å². The highest BCUT2D eigenvalue weighted by atomic mass is 32.2. The minimum absolute atomic E-state index is 0.0806. The molecule has 2 N–H and O–H groups in total. The Balaban J connectivity index is 1.44. The van der Waals surface area contributed by atoms with Gasteiger partial charge in [0.25, 0.3) is 10.0 Å². The van der Waals surface area contributed by atoms with Gasteiger partial charge < -0.3 is 10.1 Å². The van der Waals surface area contributed by atoms with Gasteiger partial charge in [-0.1, -0.05) is 39.0 Å². The van der Waals surface area contributed by atoms with Crippen molar-refractivity contribution < 1.29 is 17.9 Å². The lowest BCUT2D eigenvalue weighted by Gasteiger charge is -2.19. The highest BCUT2D eigenvalue weighted by molar-refractivity contribution is 7.92. The van der Waals surface area contributed by atoms with Crippen molar-refractivity contribution in [3.05, 3.63) is 78.5 Å². The van der Waals surface area contributed by atoms with Crippen LogP contribution < -0.4 is 14.8 Å². The Morgan fingerprint density at radius 3 is 2.27 bits per heavy atom. The summed E-state index contributed by atoms with van der Waals surface area (Å²) in [6.07, 6.45) is 2.36. The fraction of sp³-hybridized carbons (Fsp3) is 0.280. The maximum absolute atomic E-state index is 12.4. The summed E-state index contributed by atoms with van der Waals surface area (Å²) >= 11 is 0. The van der Waals surface area contributed by atoms with E-state index in [1.807, 2.05) is 12.1 Å². The number of hydrogen-bond acceptors (Lipinski definition) is 5. The summed E-state index contributed by atoms with van der Waals surface area (Å²) in [6.45, 7) is 6.91. The number of sulfonamides is 1. The predicted molar refractivity (Wildman–Crippen MR) is 130 cm³/mol. The monoisotopic (exact) mass is 467 g/mol. The second kappa shape index (κ2) is 10.5. The summed E-state index contributed by atoms with van der Waals surface area (Å²) in [5.74, 6) is 0.852. The van der Waals surface area contributed by atoms with Crippen molar-refractivity contribution in [3.8, 4) is 5.75 Å². The largest absolute Gasteiger partial charge is 0.494 e. The molecule has 2 aromatic carbocycles. The maximum Gasteiger partial charge on any atom is 0.263 e. The lowest BCUT2D eigenvalue weighted by Crippen LogP contribution is -2.15. The molecule has 174 valence electrons. The van der Waals surface area contributed by atoms with Gasteiger partial charge in [-0.25, -0.2) is 13.4 Å². The molecule has 0 spiro atoms. The van der Waals surface area contributed by atoms with Crippen LogP contribution in [-0.2, 0) is 20.2 Å². The van der Waals surface area contributed by atoms with E-state index in [0.717, 1.165) is 5.75 Å². The van der Waals surface area contributed by atoms with Crippen molar-refractivity contribution in [2.24, 2.45) is 0 Å². The molecule has 1 heterocycles. The van der Waals surface area contributed by atoms with Gasteiger partial charge in [0.05, 0.1) is 11.5 Å². The summed E-state index contributed by atoms with van der Waals surface area (Å²) < 4.78 is 33.0. The number of amides is 1. The van der Waals surface area contributed by atoms with Crippen molar-refractivity contribution in [3.63, 3.8) is 0 Å². The first-order valence-corrected chi connectivity index (χ1v) is 12.2. The van der Waals surface area contributed by atoms with Gasteiger partial charge in [-0.3, -0.25) is 9.52 Å². The Hall–Kier alpha value is -3.39. The molecule has 0 unspecified atom stereocenters. The minimum atomic E-state index is -3.76. The molecule has 8 heteroatoms. The molecule has 0 bridgehead atoms. The first kappa shape index (κ1) is 24.3. The van der Waals surface area contributed by atoms with Crippen molar-refractivity contribution in [1.29, 1.82) is 0 Å². The average molecular weight is 468 g/mol. The van der Waals surface area contributed by atoms with Gasteiger partial charge in [0.15, 0.2) is 0 Å². The van der Waals surface area contributed by atoms with E-state index >= 15 is 0 Å². The standard InChI is InChI=1S/C25H29N3O4S/c1-25(2,3)19-9-13-21(14-10-19)32-18-6-8-24(29)27-20-11-15-22(16-12-20)33(30,31)28-23-7-4-5-17-26-23/h4-5,7,9-17H,6,8,18H2,1-3H3,(H,26,28)(H,27,29). The third-order valence-electron chi connectivity index (χ3n) is 4.89. The van der Waals surface area contributed by atoms with Crippen LogP contribution in [0.1, 0.15) is 39.2 Å². The lowest BCUT2D eigenvalue weighted by atomic mass is 9.87. The second-order valence-corrected chi connectivity index (χ2v) is 10.3. The van der Waals surface area contributed by atoms with Crippen LogP contribution in [0.25, 0.3) is 0 Å². The Kier molecular flexibility index (Phi) is 7.71.